The monoisotopic (exact) mass is 598 g/mol. The predicted molar refractivity (Wildman–Crippen MR) is 161 cm³/mol. The Labute approximate surface area is 255 Å². The van der Waals surface area contributed by atoms with Crippen LogP contribution < -0.4 is 28.4 Å². The van der Waals surface area contributed by atoms with Gasteiger partial charge in [-0.15, -0.1) is 0 Å². The average Bonchev–Trinajstić information content (AvgIpc) is 3.71. The fourth-order valence-corrected chi connectivity index (χ4v) is 6.33. The van der Waals surface area contributed by atoms with E-state index in [1.807, 2.05) is 60.7 Å². The summed E-state index contributed by atoms with van der Waals surface area (Å²) in [5, 5.41) is 22.3. The number of ether oxygens (including phenoxy) is 6. The maximum absolute atomic E-state index is 11.2. The summed E-state index contributed by atoms with van der Waals surface area (Å²) in [5.41, 5.74) is 3.53. The molecule has 2 N–H and O–H groups in total. The Bertz CT molecular complexity index is 1510. The van der Waals surface area contributed by atoms with Gasteiger partial charge in [-0.25, -0.2) is 0 Å². The first-order chi connectivity index (χ1) is 21.5. The average molecular weight is 599 g/mol. The molecule has 4 aromatic carbocycles. The van der Waals surface area contributed by atoms with E-state index in [0.717, 1.165) is 33.8 Å². The molecule has 0 saturated carbocycles. The minimum atomic E-state index is -0.240. The van der Waals surface area contributed by atoms with Gasteiger partial charge in [0.15, 0.2) is 23.0 Å². The first-order valence-electron chi connectivity index (χ1n) is 14.5. The molecule has 3 heterocycles. The zero-order chi connectivity index (χ0) is 30.2. The van der Waals surface area contributed by atoms with Crippen LogP contribution in [0.25, 0.3) is 0 Å². The number of aromatic hydroxyl groups is 2. The van der Waals surface area contributed by atoms with Crippen LogP contribution in [-0.4, -0.2) is 74.0 Å². The first kappa shape index (κ1) is 28.0. The van der Waals surface area contributed by atoms with Crippen LogP contribution in [0.4, 0.5) is 0 Å². The lowest BCUT2D eigenvalue weighted by Gasteiger charge is -2.43. The number of hydrogen-bond donors (Lipinski definition) is 2. The third kappa shape index (κ3) is 5.16. The summed E-state index contributed by atoms with van der Waals surface area (Å²) in [5.74, 6) is 4.14. The van der Waals surface area contributed by atoms with Crippen LogP contribution in [0.1, 0.15) is 34.3 Å². The smallest absolute Gasteiger partial charge is 0.231 e. The quantitative estimate of drug-likeness (QED) is 0.286. The third-order valence-corrected chi connectivity index (χ3v) is 8.58. The molecular formula is C34H34N2O8. The van der Waals surface area contributed by atoms with Crippen molar-refractivity contribution in [2.75, 3.05) is 54.0 Å². The van der Waals surface area contributed by atoms with Crippen LogP contribution in [0.3, 0.4) is 0 Å². The molecule has 1 fully saturated rings. The Balaban J connectivity index is 1.22. The summed E-state index contributed by atoms with van der Waals surface area (Å²) in [7, 11) is 3.29. The van der Waals surface area contributed by atoms with Gasteiger partial charge in [-0.3, -0.25) is 9.80 Å². The van der Waals surface area contributed by atoms with Crippen molar-refractivity contribution in [3.8, 4) is 46.0 Å². The standard InChI is InChI=1S/C34H34N2O8/c1-39-23-7-3-21(4-8-23)33(25-15-29-31(17-27(25)37)43-19-41-29)35-11-13-36(14-12-35)34(22-5-9-24(40-2)10-6-22)26-16-30-32(18-28(26)38)44-20-42-30/h3-10,15-18,33-34,37-38H,11-14,19-20H2,1-2H3/t33-,34-/m1/s1. The SMILES string of the molecule is COc1ccc([C@H](c2cc3c(cc2O)OCO3)N2CCN([C@H](c3ccc(OC)cc3)c3cc4c(cc3O)OCO4)CC2)cc1. The molecule has 0 aliphatic carbocycles. The highest BCUT2D eigenvalue weighted by Crippen LogP contribution is 2.46. The van der Waals surface area contributed by atoms with Crippen LogP contribution in [0.2, 0.25) is 0 Å². The van der Waals surface area contributed by atoms with Crippen molar-refractivity contribution in [1.29, 1.82) is 0 Å². The van der Waals surface area contributed by atoms with Gasteiger partial charge in [0.1, 0.15) is 23.0 Å². The summed E-state index contributed by atoms with van der Waals surface area (Å²) in [6, 6.07) is 22.4. The van der Waals surface area contributed by atoms with Crippen molar-refractivity contribution >= 4 is 0 Å². The molecular weight excluding hydrogens is 564 g/mol. The molecule has 10 heteroatoms. The largest absolute Gasteiger partial charge is 0.507 e. The Hall–Kier alpha value is -4.80. The van der Waals surface area contributed by atoms with E-state index in [-0.39, 0.29) is 37.2 Å². The third-order valence-electron chi connectivity index (χ3n) is 8.58. The van der Waals surface area contributed by atoms with Gasteiger partial charge in [0.2, 0.25) is 13.6 Å². The molecule has 0 aromatic heterocycles. The number of rotatable bonds is 8. The van der Waals surface area contributed by atoms with Crippen molar-refractivity contribution in [2.45, 2.75) is 12.1 Å². The molecule has 1 saturated heterocycles. The zero-order valence-corrected chi connectivity index (χ0v) is 24.6. The number of phenols is 2. The van der Waals surface area contributed by atoms with Crippen molar-refractivity contribution < 1.29 is 38.6 Å². The van der Waals surface area contributed by atoms with E-state index in [1.165, 1.54) is 0 Å². The Morgan fingerprint density at radius 1 is 0.545 bits per heavy atom. The van der Waals surface area contributed by atoms with Crippen LogP contribution >= 0.6 is 0 Å². The van der Waals surface area contributed by atoms with Crippen molar-refractivity contribution in [1.82, 2.24) is 9.80 Å². The van der Waals surface area contributed by atoms with Gasteiger partial charge in [-0.1, -0.05) is 24.3 Å². The van der Waals surface area contributed by atoms with E-state index in [2.05, 4.69) is 9.80 Å². The van der Waals surface area contributed by atoms with Crippen LogP contribution in [0.5, 0.6) is 46.0 Å². The molecule has 0 radical (unpaired) electrons. The number of hydrogen-bond acceptors (Lipinski definition) is 10. The summed E-state index contributed by atoms with van der Waals surface area (Å²) >= 11 is 0. The van der Waals surface area contributed by atoms with Crippen molar-refractivity contribution in [2.24, 2.45) is 0 Å². The van der Waals surface area contributed by atoms with Crippen LogP contribution in [0.15, 0.2) is 72.8 Å². The summed E-state index contributed by atoms with van der Waals surface area (Å²) < 4.78 is 33.2. The molecule has 0 bridgehead atoms. The normalized spacial score (nSPS) is 17.3. The van der Waals surface area contributed by atoms with E-state index in [0.29, 0.717) is 49.2 Å². The molecule has 3 aliphatic rings. The van der Waals surface area contributed by atoms with E-state index in [9.17, 15) is 10.2 Å². The predicted octanol–water partition coefficient (Wildman–Crippen LogP) is 5.07. The van der Waals surface area contributed by atoms with E-state index in [4.69, 9.17) is 28.4 Å². The van der Waals surface area contributed by atoms with E-state index < -0.39 is 0 Å². The van der Waals surface area contributed by atoms with Crippen LogP contribution in [-0.2, 0) is 0 Å². The Morgan fingerprint density at radius 2 is 0.886 bits per heavy atom. The van der Waals surface area contributed by atoms with Gasteiger partial charge in [0, 0.05) is 49.4 Å². The summed E-state index contributed by atoms with van der Waals surface area (Å²) in [6.45, 7) is 3.04. The molecule has 3 aliphatic heterocycles. The summed E-state index contributed by atoms with van der Waals surface area (Å²) in [6.07, 6.45) is 0. The lowest BCUT2D eigenvalue weighted by Crippen LogP contribution is -2.49. The van der Waals surface area contributed by atoms with Gasteiger partial charge in [-0.2, -0.15) is 0 Å². The molecule has 0 unspecified atom stereocenters. The lowest BCUT2D eigenvalue weighted by atomic mass is 9.93. The first-order valence-corrected chi connectivity index (χ1v) is 14.5. The van der Waals surface area contributed by atoms with Gasteiger partial charge in [0.05, 0.1) is 26.3 Å². The minimum absolute atomic E-state index is 0.129. The maximum atomic E-state index is 11.2. The molecule has 0 amide bonds. The van der Waals surface area contributed by atoms with Crippen molar-refractivity contribution in [3.05, 3.63) is 95.1 Å². The molecule has 7 rings (SSSR count). The highest BCUT2D eigenvalue weighted by Gasteiger charge is 2.34. The van der Waals surface area contributed by atoms with Gasteiger partial charge >= 0.3 is 0 Å². The van der Waals surface area contributed by atoms with Crippen molar-refractivity contribution in [3.63, 3.8) is 0 Å². The van der Waals surface area contributed by atoms with E-state index >= 15 is 0 Å². The maximum Gasteiger partial charge on any atom is 0.231 e. The molecule has 4 aromatic rings. The fraction of sp³-hybridized carbons (Fsp3) is 0.294. The van der Waals surface area contributed by atoms with Gasteiger partial charge < -0.3 is 38.6 Å². The fourth-order valence-electron chi connectivity index (χ4n) is 6.33. The lowest BCUT2D eigenvalue weighted by molar-refractivity contribution is 0.0882. The van der Waals surface area contributed by atoms with Crippen LogP contribution in [0, 0.1) is 0 Å². The summed E-state index contributed by atoms with van der Waals surface area (Å²) in [4.78, 5) is 4.72. The second-order valence-corrected chi connectivity index (χ2v) is 11.0. The zero-order valence-electron chi connectivity index (χ0n) is 24.6. The number of piperazine rings is 1. The number of benzene rings is 4. The van der Waals surface area contributed by atoms with E-state index in [1.54, 1.807) is 26.4 Å². The second kappa shape index (κ2) is 11.7. The molecule has 228 valence electrons. The molecule has 10 nitrogen and oxygen atoms in total. The topological polar surface area (TPSA) is 102 Å². The van der Waals surface area contributed by atoms with Gasteiger partial charge in [-0.05, 0) is 47.5 Å². The highest BCUT2D eigenvalue weighted by atomic mass is 16.7. The highest BCUT2D eigenvalue weighted by molar-refractivity contribution is 5.55. The Morgan fingerprint density at radius 3 is 1.23 bits per heavy atom. The number of methoxy groups -OCH3 is 2. The minimum Gasteiger partial charge on any atom is -0.507 e. The van der Waals surface area contributed by atoms with Gasteiger partial charge in [0.25, 0.3) is 0 Å². The Kier molecular flexibility index (Phi) is 7.45. The molecule has 44 heavy (non-hydrogen) atoms. The molecule has 0 spiro atoms. The number of nitrogens with zero attached hydrogens (tertiary/aromatic N) is 2. The molecule has 2 atom stereocenters. The number of phenolic OH excluding ortho intramolecular Hbond substituents is 2. The second-order valence-electron chi connectivity index (χ2n) is 11.0. The number of fused-ring (bicyclic) bond motifs is 2.